The molecule has 0 unspecified atom stereocenters. The Labute approximate surface area is 156 Å². The normalized spacial score (nSPS) is 15.7. The van der Waals surface area contributed by atoms with Gasteiger partial charge in [0, 0.05) is 10.7 Å². The van der Waals surface area contributed by atoms with E-state index in [0.717, 1.165) is 17.2 Å². The van der Waals surface area contributed by atoms with Gasteiger partial charge in [0.05, 0.1) is 11.1 Å². The molecule has 1 aliphatic carbocycles. The standard InChI is InChI=1S/C21H22N4S/c1-14-7-8-18-15(11-14)12-19(26-18)17-13-22-21-10-9-20(24-25(17)21)23-16-5-3-2-4-6-16/h7-13,16H,2-6H2,1H3,(H,23,24). The van der Waals surface area contributed by atoms with Gasteiger partial charge in [-0.2, -0.15) is 0 Å². The van der Waals surface area contributed by atoms with E-state index < -0.39 is 0 Å². The van der Waals surface area contributed by atoms with Gasteiger partial charge in [0.2, 0.25) is 0 Å². The molecule has 1 fully saturated rings. The Bertz CT molecular complexity index is 1070. The van der Waals surface area contributed by atoms with Crippen molar-refractivity contribution < 1.29 is 0 Å². The second-order valence-electron chi connectivity index (χ2n) is 7.26. The van der Waals surface area contributed by atoms with E-state index >= 15 is 0 Å². The number of imidazole rings is 1. The van der Waals surface area contributed by atoms with Crippen molar-refractivity contribution in [2.45, 2.75) is 45.1 Å². The van der Waals surface area contributed by atoms with E-state index in [1.165, 1.54) is 52.6 Å². The first-order chi connectivity index (χ1) is 12.8. The lowest BCUT2D eigenvalue weighted by atomic mass is 9.95. The van der Waals surface area contributed by atoms with Crippen LogP contribution in [0.4, 0.5) is 5.82 Å². The lowest BCUT2D eigenvalue weighted by Crippen LogP contribution is -2.23. The van der Waals surface area contributed by atoms with Gasteiger partial charge in [-0.1, -0.05) is 37.0 Å². The fourth-order valence-electron chi connectivity index (χ4n) is 3.86. The molecule has 1 saturated carbocycles. The van der Waals surface area contributed by atoms with Gasteiger partial charge < -0.3 is 5.32 Å². The monoisotopic (exact) mass is 362 g/mol. The number of benzene rings is 1. The molecule has 0 spiro atoms. The molecule has 3 heterocycles. The van der Waals surface area contributed by atoms with E-state index in [9.17, 15) is 0 Å². The third kappa shape index (κ3) is 2.86. The summed E-state index contributed by atoms with van der Waals surface area (Å²) in [7, 11) is 0. The molecule has 1 aromatic carbocycles. The van der Waals surface area contributed by atoms with Crippen LogP contribution in [0, 0.1) is 6.92 Å². The molecule has 5 heteroatoms. The number of rotatable bonds is 3. The maximum Gasteiger partial charge on any atom is 0.154 e. The van der Waals surface area contributed by atoms with Gasteiger partial charge in [0.1, 0.15) is 11.5 Å². The fraction of sp³-hybridized carbons (Fsp3) is 0.333. The van der Waals surface area contributed by atoms with Gasteiger partial charge in [0.25, 0.3) is 0 Å². The molecule has 4 aromatic rings. The van der Waals surface area contributed by atoms with Gasteiger partial charge in [-0.3, -0.25) is 0 Å². The summed E-state index contributed by atoms with van der Waals surface area (Å²) >= 11 is 1.80. The topological polar surface area (TPSA) is 42.2 Å². The lowest BCUT2D eigenvalue weighted by Gasteiger charge is -2.23. The van der Waals surface area contributed by atoms with Gasteiger partial charge in [-0.15, -0.1) is 16.4 Å². The predicted octanol–water partition coefficient (Wildman–Crippen LogP) is 5.66. The van der Waals surface area contributed by atoms with E-state index in [1.807, 2.05) is 10.7 Å². The molecule has 132 valence electrons. The summed E-state index contributed by atoms with van der Waals surface area (Å²) in [6.45, 7) is 2.13. The lowest BCUT2D eigenvalue weighted by molar-refractivity contribution is 0.461. The summed E-state index contributed by atoms with van der Waals surface area (Å²) in [6.07, 6.45) is 8.42. The first-order valence-corrected chi connectivity index (χ1v) is 10.2. The minimum absolute atomic E-state index is 0.549. The quantitative estimate of drug-likeness (QED) is 0.511. The zero-order chi connectivity index (χ0) is 17.5. The Hall–Kier alpha value is -2.40. The number of fused-ring (bicyclic) bond motifs is 2. The number of aromatic nitrogens is 3. The number of hydrogen-bond donors (Lipinski definition) is 1. The van der Waals surface area contributed by atoms with Gasteiger partial charge >= 0.3 is 0 Å². The molecule has 1 N–H and O–H groups in total. The van der Waals surface area contributed by atoms with Crippen molar-refractivity contribution in [1.82, 2.24) is 14.6 Å². The zero-order valence-corrected chi connectivity index (χ0v) is 15.7. The summed E-state index contributed by atoms with van der Waals surface area (Å²) in [6, 6.07) is 13.5. The van der Waals surface area contributed by atoms with Crippen LogP contribution in [0.2, 0.25) is 0 Å². The van der Waals surface area contributed by atoms with Crippen LogP contribution in [0.5, 0.6) is 0 Å². The smallest absolute Gasteiger partial charge is 0.154 e. The van der Waals surface area contributed by atoms with Crippen molar-refractivity contribution >= 4 is 32.9 Å². The SMILES string of the molecule is Cc1ccc2sc(-c3cnc4ccc(NC5CCCCC5)nn34)cc2c1. The first kappa shape index (κ1) is 15.8. The van der Waals surface area contributed by atoms with Crippen molar-refractivity contribution in [2.75, 3.05) is 5.32 Å². The zero-order valence-electron chi connectivity index (χ0n) is 14.9. The number of hydrogen-bond acceptors (Lipinski definition) is 4. The molecule has 0 aliphatic heterocycles. The summed E-state index contributed by atoms with van der Waals surface area (Å²) in [5.41, 5.74) is 3.24. The van der Waals surface area contributed by atoms with Crippen molar-refractivity contribution in [1.29, 1.82) is 0 Å². The highest BCUT2D eigenvalue weighted by Crippen LogP contribution is 2.34. The van der Waals surface area contributed by atoms with Crippen LogP contribution in [0.15, 0.2) is 42.6 Å². The molecular formula is C21H22N4S. The Balaban J connectivity index is 1.53. The van der Waals surface area contributed by atoms with Crippen molar-refractivity contribution in [3.05, 3.63) is 48.2 Å². The first-order valence-electron chi connectivity index (χ1n) is 9.38. The minimum Gasteiger partial charge on any atom is -0.366 e. The van der Waals surface area contributed by atoms with Crippen LogP contribution in [0.25, 0.3) is 26.3 Å². The Morgan fingerprint density at radius 2 is 1.96 bits per heavy atom. The van der Waals surface area contributed by atoms with Crippen LogP contribution < -0.4 is 5.32 Å². The van der Waals surface area contributed by atoms with Crippen molar-refractivity contribution in [2.24, 2.45) is 0 Å². The summed E-state index contributed by atoms with van der Waals surface area (Å²) in [5.74, 6) is 0.945. The number of nitrogens with zero attached hydrogens (tertiary/aromatic N) is 3. The molecule has 0 atom stereocenters. The highest BCUT2D eigenvalue weighted by Gasteiger charge is 2.15. The van der Waals surface area contributed by atoms with Gasteiger partial charge in [0.15, 0.2) is 5.65 Å². The van der Waals surface area contributed by atoms with E-state index in [4.69, 9.17) is 5.10 Å². The average Bonchev–Trinajstić information content (AvgIpc) is 3.25. The number of nitrogens with one attached hydrogen (secondary N) is 1. The van der Waals surface area contributed by atoms with Crippen LogP contribution in [-0.4, -0.2) is 20.6 Å². The summed E-state index contributed by atoms with van der Waals surface area (Å²) < 4.78 is 3.28. The largest absolute Gasteiger partial charge is 0.366 e. The highest BCUT2D eigenvalue weighted by atomic mass is 32.1. The molecular weight excluding hydrogens is 340 g/mol. The van der Waals surface area contributed by atoms with Crippen molar-refractivity contribution in [3.63, 3.8) is 0 Å². The minimum atomic E-state index is 0.549. The van der Waals surface area contributed by atoms with E-state index in [-0.39, 0.29) is 0 Å². The molecule has 1 aliphatic rings. The van der Waals surface area contributed by atoms with Gasteiger partial charge in [-0.05, 0) is 49.4 Å². The van der Waals surface area contributed by atoms with E-state index in [1.54, 1.807) is 11.3 Å². The predicted molar refractivity (Wildman–Crippen MR) is 109 cm³/mol. The third-order valence-electron chi connectivity index (χ3n) is 5.24. The number of anilines is 1. The molecule has 0 bridgehead atoms. The third-order valence-corrected chi connectivity index (χ3v) is 6.38. The van der Waals surface area contributed by atoms with Gasteiger partial charge in [-0.25, -0.2) is 9.50 Å². The van der Waals surface area contributed by atoms with Crippen LogP contribution in [0.3, 0.4) is 0 Å². The Kier molecular flexibility index (Phi) is 3.89. The van der Waals surface area contributed by atoms with E-state index in [0.29, 0.717) is 6.04 Å². The maximum atomic E-state index is 4.84. The Morgan fingerprint density at radius 1 is 1.08 bits per heavy atom. The molecule has 0 radical (unpaired) electrons. The second-order valence-corrected chi connectivity index (χ2v) is 8.35. The number of thiophene rings is 1. The molecule has 0 amide bonds. The molecule has 3 aromatic heterocycles. The van der Waals surface area contributed by atoms with Crippen LogP contribution in [-0.2, 0) is 0 Å². The van der Waals surface area contributed by atoms with Crippen LogP contribution >= 0.6 is 11.3 Å². The maximum absolute atomic E-state index is 4.84. The number of aryl methyl sites for hydroxylation is 1. The fourth-order valence-corrected chi connectivity index (χ4v) is 4.90. The molecule has 4 nitrogen and oxygen atoms in total. The van der Waals surface area contributed by atoms with Crippen LogP contribution in [0.1, 0.15) is 37.7 Å². The summed E-state index contributed by atoms with van der Waals surface area (Å²) in [4.78, 5) is 5.76. The second kappa shape index (κ2) is 6.40. The van der Waals surface area contributed by atoms with Crippen molar-refractivity contribution in [3.8, 4) is 10.6 Å². The average molecular weight is 363 g/mol. The molecule has 0 saturated heterocycles. The molecule has 26 heavy (non-hydrogen) atoms. The molecule has 5 rings (SSSR count). The van der Waals surface area contributed by atoms with E-state index in [2.05, 4.69) is 53.6 Å². The summed E-state index contributed by atoms with van der Waals surface area (Å²) in [5, 5.41) is 9.75. The highest BCUT2D eigenvalue weighted by molar-refractivity contribution is 7.22. The Morgan fingerprint density at radius 3 is 2.85 bits per heavy atom.